The molecule has 3 aromatic rings. The van der Waals surface area contributed by atoms with Gasteiger partial charge in [-0.25, -0.2) is 4.99 Å². The number of para-hydroxylation sites is 1. The number of nitrogens with zero attached hydrogens (tertiary/aromatic N) is 3. The predicted octanol–water partition coefficient (Wildman–Crippen LogP) is 2.78. The van der Waals surface area contributed by atoms with E-state index in [2.05, 4.69) is 26.1 Å². The Kier molecular flexibility index (Phi) is 6.38. The van der Waals surface area contributed by atoms with E-state index < -0.39 is 6.10 Å². The topological polar surface area (TPSA) is 114 Å². The lowest BCUT2D eigenvalue weighted by molar-refractivity contribution is 0.0535. The number of nitrogens with one attached hydrogen (secondary N) is 1. The highest BCUT2D eigenvalue weighted by Crippen LogP contribution is 2.36. The molecular formula is C22H23BrN4O4. The lowest BCUT2D eigenvalue weighted by Crippen LogP contribution is -2.33. The normalized spacial score (nSPS) is 15.5. The van der Waals surface area contributed by atoms with Crippen LogP contribution in [0.1, 0.15) is 11.1 Å². The molecule has 2 heterocycles. The maximum atomic E-state index is 10.6. The van der Waals surface area contributed by atoms with Gasteiger partial charge in [0.2, 0.25) is 0 Å². The molecule has 4 rings (SSSR count). The Morgan fingerprint density at radius 1 is 1.26 bits per heavy atom. The average molecular weight is 487 g/mol. The molecule has 1 aromatic heterocycles. The summed E-state index contributed by atoms with van der Waals surface area (Å²) in [5.74, 6) is 0.0186. The monoisotopic (exact) mass is 486 g/mol. The highest BCUT2D eigenvalue weighted by atomic mass is 79.9. The zero-order valence-electron chi connectivity index (χ0n) is 16.9. The number of aliphatic hydroxyl groups excluding tert-OH is 2. The van der Waals surface area contributed by atoms with Crippen LogP contribution in [0.5, 0.6) is 5.88 Å². The summed E-state index contributed by atoms with van der Waals surface area (Å²) in [5.41, 5.74) is 4.02. The molecule has 1 aliphatic rings. The average Bonchev–Trinajstić information content (AvgIpc) is 3.27. The number of rotatable bonds is 8. The molecule has 4 N–H and O–H groups in total. The first-order valence-corrected chi connectivity index (χ1v) is 10.6. The molecule has 2 aromatic carbocycles. The Labute approximate surface area is 187 Å². The smallest absolute Gasteiger partial charge is 0.199 e. The number of likely N-dealkylation sites (N-methyl/N-ethyl adjacent to an activating group) is 1. The minimum atomic E-state index is -0.791. The van der Waals surface area contributed by atoms with Crippen LogP contribution in [0.4, 0.5) is 5.69 Å². The number of aliphatic hydroxyl groups is 2. The fourth-order valence-electron chi connectivity index (χ4n) is 3.54. The maximum Gasteiger partial charge on any atom is 0.199 e. The van der Waals surface area contributed by atoms with Gasteiger partial charge in [-0.15, -0.1) is 0 Å². The number of hydrogen-bond acceptors (Lipinski definition) is 7. The molecule has 0 saturated heterocycles. The molecule has 0 amide bonds. The fraction of sp³-hybridized carbons (Fsp3) is 0.273. The van der Waals surface area contributed by atoms with Gasteiger partial charge in [-0.1, -0.05) is 39.3 Å². The standard InChI is InChI=1S/C22H23BrN4O4/c1-27(11-14(29)12-28)8-9-31-26-20-15-4-2-3-5-17(15)24-21(20)19-16-10-13(23)6-7-18(16)25-22(19)30/h2-7,10,14,25,28-30H,8-9,11-12H2,1H3. The summed E-state index contributed by atoms with van der Waals surface area (Å²) in [5, 5.41) is 34.3. The van der Waals surface area contributed by atoms with Crippen molar-refractivity contribution in [2.24, 2.45) is 10.1 Å². The van der Waals surface area contributed by atoms with Gasteiger partial charge in [-0.2, -0.15) is 0 Å². The minimum absolute atomic E-state index is 0.0186. The van der Waals surface area contributed by atoms with Crippen LogP contribution in [0.3, 0.4) is 0 Å². The minimum Gasteiger partial charge on any atom is -0.494 e. The van der Waals surface area contributed by atoms with Crippen LogP contribution in [0.15, 0.2) is 57.1 Å². The molecule has 1 unspecified atom stereocenters. The van der Waals surface area contributed by atoms with Crippen LogP contribution >= 0.6 is 15.9 Å². The fourth-order valence-corrected chi connectivity index (χ4v) is 3.91. The number of benzene rings is 2. The summed E-state index contributed by atoms with van der Waals surface area (Å²) in [4.78, 5) is 15.1. The third-order valence-corrected chi connectivity index (χ3v) is 5.54. The molecule has 1 atom stereocenters. The molecule has 0 bridgehead atoms. The zero-order valence-corrected chi connectivity index (χ0v) is 18.5. The van der Waals surface area contributed by atoms with Crippen LogP contribution in [0.25, 0.3) is 10.9 Å². The quantitative estimate of drug-likeness (QED) is 0.288. The number of hydrogen-bond donors (Lipinski definition) is 4. The van der Waals surface area contributed by atoms with Gasteiger partial charge in [0.25, 0.3) is 0 Å². The second kappa shape index (κ2) is 9.19. The van der Waals surface area contributed by atoms with E-state index in [-0.39, 0.29) is 12.5 Å². The summed E-state index contributed by atoms with van der Waals surface area (Å²) in [6, 6.07) is 13.3. The number of aromatic nitrogens is 1. The summed E-state index contributed by atoms with van der Waals surface area (Å²) >= 11 is 3.49. The van der Waals surface area contributed by atoms with Crippen LogP contribution in [0, 0.1) is 0 Å². The van der Waals surface area contributed by atoms with Crippen molar-refractivity contribution in [2.75, 3.05) is 33.4 Å². The van der Waals surface area contributed by atoms with Crippen molar-refractivity contribution >= 4 is 43.9 Å². The van der Waals surface area contributed by atoms with E-state index in [9.17, 15) is 10.2 Å². The predicted molar refractivity (Wildman–Crippen MR) is 123 cm³/mol. The van der Waals surface area contributed by atoms with E-state index in [1.165, 1.54) is 0 Å². The van der Waals surface area contributed by atoms with E-state index >= 15 is 0 Å². The Bertz CT molecular complexity index is 1160. The second-order valence-corrected chi connectivity index (χ2v) is 8.30. The summed E-state index contributed by atoms with van der Waals surface area (Å²) < 4.78 is 0.888. The van der Waals surface area contributed by atoms with Gasteiger partial charge in [0, 0.05) is 34.0 Å². The van der Waals surface area contributed by atoms with E-state index in [0.29, 0.717) is 36.7 Å². The SMILES string of the molecule is CN(CCON=C1C(c2c(O)[nH]c3ccc(Br)cc23)=Nc2ccccc21)CC(O)CO. The lowest BCUT2D eigenvalue weighted by Gasteiger charge is -2.18. The van der Waals surface area contributed by atoms with Gasteiger partial charge >= 0.3 is 0 Å². The van der Waals surface area contributed by atoms with Gasteiger partial charge in [-0.05, 0) is 31.3 Å². The number of fused-ring (bicyclic) bond motifs is 2. The summed E-state index contributed by atoms with van der Waals surface area (Å²) in [6.07, 6.45) is -0.791. The van der Waals surface area contributed by atoms with Crippen LogP contribution in [-0.2, 0) is 4.84 Å². The van der Waals surface area contributed by atoms with E-state index in [0.717, 1.165) is 26.6 Å². The van der Waals surface area contributed by atoms with E-state index in [1.807, 2.05) is 54.4 Å². The van der Waals surface area contributed by atoms with Crippen LogP contribution in [-0.4, -0.2) is 76.1 Å². The number of aromatic amines is 1. The third-order valence-electron chi connectivity index (χ3n) is 5.05. The molecule has 162 valence electrons. The Hall–Kier alpha value is -2.72. The maximum absolute atomic E-state index is 10.6. The van der Waals surface area contributed by atoms with Crippen molar-refractivity contribution in [3.63, 3.8) is 0 Å². The van der Waals surface area contributed by atoms with Gasteiger partial charge in [0.1, 0.15) is 18.0 Å². The van der Waals surface area contributed by atoms with Crippen molar-refractivity contribution in [1.29, 1.82) is 0 Å². The van der Waals surface area contributed by atoms with Crippen LogP contribution < -0.4 is 0 Å². The van der Waals surface area contributed by atoms with Crippen molar-refractivity contribution in [3.05, 3.63) is 58.1 Å². The molecule has 31 heavy (non-hydrogen) atoms. The van der Waals surface area contributed by atoms with Gasteiger partial charge in [0.05, 0.1) is 24.0 Å². The third kappa shape index (κ3) is 4.49. The Morgan fingerprint density at radius 2 is 2.06 bits per heavy atom. The largest absolute Gasteiger partial charge is 0.494 e. The highest BCUT2D eigenvalue weighted by Gasteiger charge is 2.29. The molecule has 0 spiro atoms. The first kappa shape index (κ1) is 21.5. The molecule has 0 saturated carbocycles. The van der Waals surface area contributed by atoms with Gasteiger partial charge < -0.3 is 30.0 Å². The van der Waals surface area contributed by atoms with Crippen molar-refractivity contribution in [3.8, 4) is 5.88 Å². The number of H-pyrrole nitrogens is 1. The Morgan fingerprint density at radius 3 is 2.87 bits per heavy atom. The lowest BCUT2D eigenvalue weighted by atomic mass is 10.0. The van der Waals surface area contributed by atoms with Crippen LogP contribution in [0.2, 0.25) is 0 Å². The number of halogens is 1. The van der Waals surface area contributed by atoms with E-state index in [4.69, 9.17) is 14.9 Å². The van der Waals surface area contributed by atoms with Crippen molar-refractivity contribution in [2.45, 2.75) is 6.10 Å². The van der Waals surface area contributed by atoms with Crippen molar-refractivity contribution in [1.82, 2.24) is 9.88 Å². The summed E-state index contributed by atoms with van der Waals surface area (Å²) in [6.45, 7) is 0.866. The second-order valence-electron chi connectivity index (χ2n) is 7.39. The Balaban J connectivity index is 1.62. The highest BCUT2D eigenvalue weighted by molar-refractivity contribution is 9.10. The molecule has 0 radical (unpaired) electrons. The van der Waals surface area contributed by atoms with Crippen molar-refractivity contribution < 1.29 is 20.2 Å². The molecule has 1 aliphatic heterocycles. The molecule has 0 aliphatic carbocycles. The summed E-state index contributed by atoms with van der Waals surface area (Å²) in [7, 11) is 1.83. The molecule has 0 fully saturated rings. The van der Waals surface area contributed by atoms with Gasteiger partial charge in [0.15, 0.2) is 5.88 Å². The molecule has 9 heteroatoms. The number of aromatic hydroxyl groups is 1. The number of aliphatic imine (C=N–C) groups is 1. The zero-order chi connectivity index (χ0) is 22.0. The first-order valence-electron chi connectivity index (χ1n) is 9.84. The van der Waals surface area contributed by atoms with Gasteiger partial charge in [-0.3, -0.25) is 0 Å². The molecule has 8 nitrogen and oxygen atoms in total. The van der Waals surface area contributed by atoms with E-state index in [1.54, 1.807) is 0 Å². The first-order chi connectivity index (χ1) is 15.0. The number of oxime groups is 1. The molecular weight excluding hydrogens is 464 g/mol.